The second kappa shape index (κ2) is 7.93. The number of fused-ring (bicyclic) bond motifs is 2. The molecule has 0 saturated heterocycles. The maximum absolute atomic E-state index is 6.87. The van der Waals surface area contributed by atoms with Crippen molar-refractivity contribution in [1.82, 2.24) is 9.97 Å². The number of benzene rings is 3. The van der Waals surface area contributed by atoms with Crippen molar-refractivity contribution >= 4 is 45.0 Å². The average Bonchev–Trinajstić information content (AvgIpc) is 2.77. The summed E-state index contributed by atoms with van der Waals surface area (Å²) >= 11 is 12.4. The van der Waals surface area contributed by atoms with Gasteiger partial charge in [0.05, 0.1) is 17.1 Å². The van der Waals surface area contributed by atoms with Gasteiger partial charge in [-0.3, -0.25) is 9.97 Å². The zero-order chi connectivity index (χ0) is 21.5. The molecule has 0 aliphatic rings. The molecular weight excluding hydrogens is 425 g/mol. The Morgan fingerprint density at radius 3 is 2.13 bits per heavy atom. The van der Waals surface area contributed by atoms with Crippen molar-refractivity contribution in [2.45, 2.75) is 6.04 Å². The van der Waals surface area contributed by atoms with Crippen LogP contribution < -0.4 is 5.73 Å². The molecule has 1 unspecified atom stereocenters. The van der Waals surface area contributed by atoms with Gasteiger partial charge in [-0.2, -0.15) is 0 Å². The zero-order valence-corrected chi connectivity index (χ0v) is 18.0. The van der Waals surface area contributed by atoms with E-state index < -0.39 is 0 Å². The van der Waals surface area contributed by atoms with Gasteiger partial charge in [-0.25, -0.2) is 0 Å². The lowest BCUT2D eigenvalue weighted by Gasteiger charge is -2.21. The minimum absolute atomic E-state index is 0.376. The second-order valence-electron chi connectivity index (χ2n) is 7.44. The minimum atomic E-state index is -0.376. The molecule has 2 aromatic heterocycles. The first-order valence-corrected chi connectivity index (χ1v) is 10.6. The third kappa shape index (κ3) is 3.55. The van der Waals surface area contributed by atoms with E-state index in [1.165, 1.54) is 0 Å². The molecule has 0 amide bonds. The highest BCUT2D eigenvalue weighted by molar-refractivity contribution is 6.31. The Bertz CT molecular complexity index is 1450. The Labute approximate surface area is 190 Å². The lowest BCUT2D eigenvalue weighted by molar-refractivity contribution is 0.880. The van der Waals surface area contributed by atoms with Gasteiger partial charge < -0.3 is 5.73 Å². The number of halogens is 2. The standard InChI is InChI=1S/C26H18Cl2N3/c1-15-3-2-4-22(25(15)20-9-11-30-23-13-16(27)5-7-18(20)23)26(29)21-10-12-31-24-14-17(28)6-8-19(21)24/h2-14,26H,1,29H2. The van der Waals surface area contributed by atoms with Crippen LogP contribution in [0.3, 0.4) is 0 Å². The van der Waals surface area contributed by atoms with Gasteiger partial charge >= 0.3 is 0 Å². The summed E-state index contributed by atoms with van der Waals surface area (Å²) in [7, 11) is 0. The van der Waals surface area contributed by atoms with Crippen LogP contribution in [-0.2, 0) is 0 Å². The smallest absolute Gasteiger partial charge is 0.0723 e. The van der Waals surface area contributed by atoms with E-state index in [1.807, 2.05) is 60.7 Å². The van der Waals surface area contributed by atoms with Crippen LogP contribution >= 0.6 is 23.2 Å². The first-order chi connectivity index (χ1) is 15.0. The number of nitrogens with zero attached hydrogens (tertiary/aromatic N) is 2. The maximum atomic E-state index is 6.87. The van der Waals surface area contributed by atoms with Gasteiger partial charge in [0, 0.05) is 33.2 Å². The molecule has 151 valence electrons. The fourth-order valence-corrected chi connectivity index (χ4v) is 4.46. The van der Waals surface area contributed by atoms with Gasteiger partial charge in [0.2, 0.25) is 0 Å². The highest BCUT2D eigenvalue weighted by Gasteiger charge is 2.20. The van der Waals surface area contributed by atoms with E-state index in [0.717, 1.165) is 49.6 Å². The third-order valence-electron chi connectivity index (χ3n) is 5.57. The first kappa shape index (κ1) is 20.0. The largest absolute Gasteiger partial charge is 0.320 e. The Morgan fingerprint density at radius 2 is 1.39 bits per heavy atom. The van der Waals surface area contributed by atoms with Crippen LogP contribution in [0, 0.1) is 6.92 Å². The number of nitrogens with two attached hydrogens (primary N) is 1. The Balaban J connectivity index is 1.75. The number of hydrogen-bond donors (Lipinski definition) is 1. The van der Waals surface area contributed by atoms with E-state index in [2.05, 4.69) is 23.0 Å². The van der Waals surface area contributed by atoms with Crippen LogP contribution in [0.2, 0.25) is 10.0 Å². The summed E-state index contributed by atoms with van der Waals surface area (Å²) in [6.45, 7) is 4.30. The number of rotatable bonds is 3. The number of aromatic nitrogens is 2. The zero-order valence-electron chi connectivity index (χ0n) is 16.5. The van der Waals surface area contributed by atoms with E-state index in [9.17, 15) is 0 Å². The van der Waals surface area contributed by atoms with E-state index in [-0.39, 0.29) is 6.04 Å². The summed E-state index contributed by atoms with van der Waals surface area (Å²) < 4.78 is 0. The molecule has 31 heavy (non-hydrogen) atoms. The molecule has 0 fully saturated rings. The monoisotopic (exact) mass is 442 g/mol. The molecule has 0 saturated carbocycles. The topological polar surface area (TPSA) is 51.8 Å². The highest BCUT2D eigenvalue weighted by atomic mass is 35.5. The fourth-order valence-electron chi connectivity index (χ4n) is 4.13. The van der Waals surface area contributed by atoms with Crippen molar-refractivity contribution in [2.24, 2.45) is 5.73 Å². The highest BCUT2D eigenvalue weighted by Crippen LogP contribution is 2.38. The van der Waals surface area contributed by atoms with Crippen LogP contribution in [0.1, 0.15) is 22.7 Å². The summed E-state index contributed by atoms with van der Waals surface area (Å²) in [6.07, 6.45) is 3.56. The predicted molar refractivity (Wildman–Crippen MR) is 129 cm³/mol. The molecule has 1 radical (unpaired) electrons. The van der Waals surface area contributed by atoms with Crippen molar-refractivity contribution in [2.75, 3.05) is 0 Å². The van der Waals surface area contributed by atoms with Crippen molar-refractivity contribution in [3.05, 3.63) is 113 Å². The molecule has 3 nitrogen and oxygen atoms in total. The summed E-state index contributed by atoms with van der Waals surface area (Å²) in [6, 6.07) is 21.0. The molecule has 0 aliphatic carbocycles. The Kier molecular flexibility index (Phi) is 5.11. The van der Waals surface area contributed by atoms with Crippen LogP contribution in [0.5, 0.6) is 0 Å². The SMILES string of the molecule is [CH2]c1cccc(C(N)c2ccnc3cc(Cl)ccc23)c1-c1ccnc2cc(Cl)ccc12. The lowest BCUT2D eigenvalue weighted by atomic mass is 9.86. The summed E-state index contributed by atoms with van der Waals surface area (Å²) in [5.41, 5.74) is 13.4. The van der Waals surface area contributed by atoms with E-state index >= 15 is 0 Å². The van der Waals surface area contributed by atoms with Crippen LogP contribution in [0.15, 0.2) is 79.1 Å². The van der Waals surface area contributed by atoms with Gasteiger partial charge in [-0.1, -0.05) is 53.5 Å². The lowest BCUT2D eigenvalue weighted by Crippen LogP contribution is -2.14. The van der Waals surface area contributed by atoms with Crippen LogP contribution in [-0.4, -0.2) is 9.97 Å². The number of hydrogen-bond acceptors (Lipinski definition) is 3. The molecule has 0 spiro atoms. The van der Waals surface area contributed by atoms with Crippen molar-refractivity contribution in [1.29, 1.82) is 0 Å². The number of pyridine rings is 2. The van der Waals surface area contributed by atoms with Crippen LogP contribution in [0.25, 0.3) is 32.9 Å². The first-order valence-electron chi connectivity index (χ1n) is 9.82. The normalized spacial score (nSPS) is 12.4. The van der Waals surface area contributed by atoms with Crippen molar-refractivity contribution in [3.63, 3.8) is 0 Å². The van der Waals surface area contributed by atoms with E-state index in [4.69, 9.17) is 28.9 Å². The molecule has 2 N–H and O–H groups in total. The summed E-state index contributed by atoms with van der Waals surface area (Å²) in [4.78, 5) is 8.94. The molecule has 1 atom stereocenters. The molecule has 5 heteroatoms. The summed E-state index contributed by atoms with van der Waals surface area (Å²) in [5, 5.41) is 3.28. The predicted octanol–water partition coefficient (Wildman–Crippen LogP) is 6.99. The maximum Gasteiger partial charge on any atom is 0.0723 e. The fraction of sp³-hybridized carbons (Fsp3) is 0.0385. The van der Waals surface area contributed by atoms with Crippen LogP contribution in [0.4, 0.5) is 0 Å². The van der Waals surface area contributed by atoms with Gasteiger partial charge in [-0.05, 0) is 71.1 Å². The van der Waals surface area contributed by atoms with Gasteiger partial charge in [0.15, 0.2) is 0 Å². The molecule has 3 aromatic carbocycles. The van der Waals surface area contributed by atoms with Crippen molar-refractivity contribution < 1.29 is 0 Å². The molecule has 0 bridgehead atoms. The average molecular weight is 443 g/mol. The van der Waals surface area contributed by atoms with Gasteiger partial charge in [0.25, 0.3) is 0 Å². The molecule has 0 aliphatic heterocycles. The quantitative estimate of drug-likeness (QED) is 0.327. The molecule has 5 aromatic rings. The second-order valence-corrected chi connectivity index (χ2v) is 8.31. The van der Waals surface area contributed by atoms with E-state index in [0.29, 0.717) is 10.0 Å². The molecular formula is C26H18Cl2N3. The molecule has 2 heterocycles. The minimum Gasteiger partial charge on any atom is -0.320 e. The Hall–Kier alpha value is -2.98. The third-order valence-corrected chi connectivity index (χ3v) is 6.04. The van der Waals surface area contributed by atoms with E-state index in [1.54, 1.807) is 12.4 Å². The Morgan fingerprint density at radius 1 is 0.742 bits per heavy atom. The van der Waals surface area contributed by atoms with Gasteiger partial charge in [-0.15, -0.1) is 0 Å². The summed E-state index contributed by atoms with van der Waals surface area (Å²) in [5.74, 6) is 0. The van der Waals surface area contributed by atoms with Crippen molar-refractivity contribution in [3.8, 4) is 11.1 Å². The molecule has 5 rings (SSSR count). The van der Waals surface area contributed by atoms with Gasteiger partial charge in [0.1, 0.15) is 0 Å².